The van der Waals surface area contributed by atoms with E-state index in [0.29, 0.717) is 17.2 Å². The van der Waals surface area contributed by atoms with E-state index in [1.54, 1.807) is 6.07 Å². The topological polar surface area (TPSA) is 99.1 Å². The second-order valence-corrected chi connectivity index (χ2v) is 7.23. The number of hydrogen-bond acceptors (Lipinski definition) is 7. The van der Waals surface area contributed by atoms with Crippen molar-refractivity contribution in [3.8, 4) is 17.2 Å². The van der Waals surface area contributed by atoms with E-state index in [1.165, 1.54) is 26.8 Å². The van der Waals surface area contributed by atoms with Crippen LogP contribution in [0.3, 0.4) is 0 Å². The van der Waals surface area contributed by atoms with E-state index in [9.17, 15) is 28.3 Å². The Bertz CT molecular complexity index is 1060. The molecule has 0 radical (unpaired) electrons. The molecule has 0 aromatic heterocycles. The van der Waals surface area contributed by atoms with Crippen molar-refractivity contribution in [1.82, 2.24) is 0 Å². The number of esters is 3. The summed E-state index contributed by atoms with van der Waals surface area (Å²) in [7, 11) is 0. The molecule has 31 heavy (non-hydrogen) atoms. The summed E-state index contributed by atoms with van der Waals surface area (Å²) in [6.45, 7) is 3.61. The third kappa shape index (κ3) is 4.99. The lowest BCUT2D eigenvalue weighted by Gasteiger charge is -2.34. The zero-order chi connectivity index (χ0) is 22.9. The fourth-order valence-electron chi connectivity index (χ4n) is 3.76. The molecule has 9 heteroatoms. The van der Waals surface area contributed by atoms with Gasteiger partial charge in [-0.3, -0.25) is 14.4 Å². The van der Waals surface area contributed by atoms with E-state index in [4.69, 9.17) is 14.2 Å². The molecule has 1 aliphatic rings. The summed E-state index contributed by atoms with van der Waals surface area (Å²) in [5.41, 5.74) is 1.05. The summed E-state index contributed by atoms with van der Waals surface area (Å²) in [6.07, 6.45) is -0.739. The molecule has 0 unspecified atom stereocenters. The molecule has 0 heterocycles. The SMILES string of the molecule is CC(=O)Oc1cc2c(c(OC(C)=O)c1)C[C@H](OC(C)=O)[C@@H](c1cc(O)c(F)cc1F)C2. The van der Waals surface area contributed by atoms with Crippen LogP contribution in [0, 0.1) is 11.6 Å². The van der Waals surface area contributed by atoms with Gasteiger partial charge in [-0.05, 0) is 29.7 Å². The molecule has 2 atom stereocenters. The fourth-order valence-corrected chi connectivity index (χ4v) is 3.76. The van der Waals surface area contributed by atoms with Gasteiger partial charge in [0.05, 0.1) is 0 Å². The Hall–Kier alpha value is -3.49. The van der Waals surface area contributed by atoms with Crippen molar-refractivity contribution in [3.63, 3.8) is 0 Å². The summed E-state index contributed by atoms with van der Waals surface area (Å²) < 4.78 is 43.9. The zero-order valence-electron chi connectivity index (χ0n) is 17.0. The molecule has 7 nitrogen and oxygen atoms in total. The first-order chi connectivity index (χ1) is 14.5. The Balaban J connectivity index is 2.13. The van der Waals surface area contributed by atoms with Gasteiger partial charge in [-0.15, -0.1) is 0 Å². The van der Waals surface area contributed by atoms with Crippen LogP contribution in [0.25, 0.3) is 0 Å². The van der Waals surface area contributed by atoms with Gasteiger partial charge < -0.3 is 19.3 Å². The quantitative estimate of drug-likeness (QED) is 0.582. The maximum atomic E-state index is 14.6. The molecule has 2 aromatic rings. The van der Waals surface area contributed by atoms with Gasteiger partial charge >= 0.3 is 17.9 Å². The van der Waals surface area contributed by atoms with E-state index in [0.717, 1.165) is 6.07 Å². The highest BCUT2D eigenvalue weighted by atomic mass is 19.1. The van der Waals surface area contributed by atoms with E-state index in [2.05, 4.69) is 0 Å². The number of halogens is 2. The maximum absolute atomic E-state index is 14.6. The minimum Gasteiger partial charge on any atom is -0.505 e. The van der Waals surface area contributed by atoms with Crippen molar-refractivity contribution < 1.29 is 42.5 Å². The van der Waals surface area contributed by atoms with Gasteiger partial charge in [-0.2, -0.15) is 0 Å². The number of ether oxygens (including phenoxy) is 3. The third-order valence-electron chi connectivity index (χ3n) is 4.87. The average Bonchev–Trinajstić information content (AvgIpc) is 2.63. The molecule has 1 aliphatic carbocycles. The highest BCUT2D eigenvalue weighted by Crippen LogP contribution is 2.42. The molecule has 1 N–H and O–H groups in total. The number of aromatic hydroxyl groups is 1. The van der Waals surface area contributed by atoms with Crippen molar-refractivity contribution in [2.24, 2.45) is 0 Å². The van der Waals surface area contributed by atoms with E-state index < -0.39 is 47.3 Å². The lowest BCUT2D eigenvalue weighted by molar-refractivity contribution is -0.148. The first kappa shape index (κ1) is 22.2. The molecular weight excluding hydrogens is 414 g/mol. The Morgan fingerprint density at radius 1 is 0.903 bits per heavy atom. The van der Waals surface area contributed by atoms with Crippen molar-refractivity contribution in [1.29, 1.82) is 0 Å². The summed E-state index contributed by atoms with van der Waals surface area (Å²) in [4.78, 5) is 34.6. The number of carbonyl (C=O) groups excluding carboxylic acids is 3. The number of rotatable bonds is 4. The second kappa shape index (κ2) is 8.71. The largest absolute Gasteiger partial charge is 0.505 e. The minimum absolute atomic E-state index is 0.0391. The minimum atomic E-state index is -1.12. The van der Waals surface area contributed by atoms with Crippen molar-refractivity contribution in [3.05, 3.63) is 52.6 Å². The summed E-state index contributed by atoms with van der Waals surface area (Å²) >= 11 is 0. The van der Waals surface area contributed by atoms with Crippen molar-refractivity contribution >= 4 is 17.9 Å². The predicted octanol–water partition coefficient (Wildman–Crippen LogP) is 3.34. The third-order valence-corrected chi connectivity index (χ3v) is 4.87. The highest BCUT2D eigenvalue weighted by molar-refractivity contribution is 5.72. The Morgan fingerprint density at radius 3 is 2.19 bits per heavy atom. The zero-order valence-corrected chi connectivity index (χ0v) is 17.0. The molecule has 0 fully saturated rings. The number of carbonyl (C=O) groups is 3. The van der Waals surface area contributed by atoms with Crippen LogP contribution in [-0.4, -0.2) is 29.1 Å². The first-order valence-corrected chi connectivity index (χ1v) is 9.43. The van der Waals surface area contributed by atoms with E-state index >= 15 is 0 Å². The molecule has 0 saturated heterocycles. The summed E-state index contributed by atoms with van der Waals surface area (Å²) in [5.74, 6) is -5.10. The molecule has 0 bridgehead atoms. The smallest absolute Gasteiger partial charge is 0.308 e. The molecule has 2 aromatic carbocycles. The maximum Gasteiger partial charge on any atom is 0.308 e. The molecule has 0 saturated carbocycles. The van der Waals surface area contributed by atoms with Crippen LogP contribution < -0.4 is 9.47 Å². The normalized spacial score (nSPS) is 17.5. The molecule has 0 amide bonds. The Kier molecular flexibility index (Phi) is 6.24. The molecule has 0 aliphatic heterocycles. The highest BCUT2D eigenvalue weighted by Gasteiger charge is 2.36. The van der Waals surface area contributed by atoms with Crippen LogP contribution in [0.2, 0.25) is 0 Å². The van der Waals surface area contributed by atoms with Gasteiger partial charge in [0.1, 0.15) is 23.4 Å². The number of phenolic OH excluding ortho intramolecular Hbond substituents is 1. The number of phenols is 1. The molecule has 164 valence electrons. The molecule has 3 rings (SSSR count). The second-order valence-electron chi connectivity index (χ2n) is 7.23. The van der Waals surface area contributed by atoms with Gasteiger partial charge in [0.2, 0.25) is 0 Å². The van der Waals surface area contributed by atoms with Gasteiger partial charge in [0.15, 0.2) is 11.6 Å². The predicted molar refractivity (Wildman–Crippen MR) is 103 cm³/mol. The van der Waals surface area contributed by atoms with Crippen LogP contribution in [0.1, 0.15) is 43.4 Å². The number of hydrogen-bond donors (Lipinski definition) is 1. The Morgan fingerprint density at radius 2 is 1.58 bits per heavy atom. The lowest BCUT2D eigenvalue weighted by Crippen LogP contribution is -2.33. The standard InChI is InChI=1S/C22H20F2O7/c1-10(25)29-14-4-13-5-17(16-7-20(28)19(24)9-18(16)23)22(31-12(3)27)8-15(13)21(6-14)30-11(2)26/h4,6-7,9,17,22,28H,5,8H2,1-3H3/t17-,22+/m1/s1. The lowest BCUT2D eigenvalue weighted by atomic mass is 9.77. The van der Waals surface area contributed by atoms with Crippen LogP contribution in [0.15, 0.2) is 24.3 Å². The monoisotopic (exact) mass is 434 g/mol. The fraction of sp³-hybridized carbons (Fsp3) is 0.318. The number of fused-ring (bicyclic) bond motifs is 1. The number of benzene rings is 2. The van der Waals surface area contributed by atoms with Gasteiger partial charge in [-0.25, -0.2) is 8.78 Å². The van der Waals surface area contributed by atoms with Crippen molar-refractivity contribution in [2.75, 3.05) is 0 Å². The summed E-state index contributed by atoms with van der Waals surface area (Å²) in [5, 5.41) is 9.74. The Labute approximate surface area is 176 Å². The first-order valence-electron chi connectivity index (χ1n) is 9.43. The average molecular weight is 434 g/mol. The molecule has 0 spiro atoms. The van der Waals surface area contributed by atoms with Crippen LogP contribution >= 0.6 is 0 Å². The van der Waals surface area contributed by atoms with Gasteiger partial charge in [-0.1, -0.05) is 0 Å². The molecular formula is C22H20F2O7. The van der Waals surface area contributed by atoms with E-state index in [1.807, 2.05) is 0 Å². The van der Waals surface area contributed by atoms with E-state index in [-0.39, 0.29) is 29.9 Å². The van der Waals surface area contributed by atoms with Gasteiger partial charge in [0.25, 0.3) is 0 Å². The van der Waals surface area contributed by atoms with Crippen LogP contribution in [-0.2, 0) is 32.0 Å². The summed E-state index contributed by atoms with van der Waals surface area (Å²) in [6, 6.07) is 4.43. The van der Waals surface area contributed by atoms with Crippen LogP contribution in [0.4, 0.5) is 8.78 Å². The van der Waals surface area contributed by atoms with Crippen molar-refractivity contribution in [2.45, 2.75) is 45.6 Å². The van der Waals surface area contributed by atoms with Gasteiger partial charge in [0, 0.05) is 50.8 Å². The van der Waals surface area contributed by atoms with Crippen LogP contribution in [0.5, 0.6) is 17.2 Å².